The van der Waals surface area contributed by atoms with E-state index in [1.165, 1.54) is 11.1 Å². The van der Waals surface area contributed by atoms with Crippen LogP contribution in [0.3, 0.4) is 0 Å². The average Bonchev–Trinajstić information content (AvgIpc) is 3.36. The maximum absolute atomic E-state index is 14.5. The zero-order valence-electron chi connectivity index (χ0n) is 24.6. The van der Waals surface area contributed by atoms with Gasteiger partial charge in [0.05, 0.1) is 0 Å². The van der Waals surface area contributed by atoms with Gasteiger partial charge in [-0.2, -0.15) is 0 Å². The van der Waals surface area contributed by atoms with Gasteiger partial charge in [-0.25, -0.2) is 0 Å². The molecule has 0 spiro atoms. The molecule has 1 aliphatic heterocycles. The molecule has 2 heterocycles. The second kappa shape index (κ2) is 11.5. The van der Waals surface area contributed by atoms with Crippen molar-refractivity contribution in [3.63, 3.8) is 0 Å². The van der Waals surface area contributed by atoms with E-state index in [1.807, 2.05) is 83.1 Å². The summed E-state index contributed by atoms with van der Waals surface area (Å²) in [5, 5.41) is 6.18. The predicted octanol–water partition coefficient (Wildman–Crippen LogP) is 4.86. The maximum atomic E-state index is 14.5. The van der Waals surface area contributed by atoms with E-state index >= 15 is 0 Å². The Labute approximate surface area is 242 Å². The van der Waals surface area contributed by atoms with Gasteiger partial charge in [0, 0.05) is 17.9 Å². The Bertz CT molecular complexity index is 1390. The topological polar surface area (TPSA) is 91.4 Å². The smallest absolute Gasteiger partial charge is 0.247 e. The Kier molecular flexibility index (Phi) is 7.98. The fraction of sp³-hybridized carbons (Fsp3) is 0.412. The molecule has 0 unspecified atom stereocenters. The van der Waals surface area contributed by atoms with E-state index in [9.17, 15) is 14.4 Å². The Hall–Kier alpha value is -4.00. The third-order valence-corrected chi connectivity index (χ3v) is 7.95. The molecule has 1 fully saturated rings. The van der Waals surface area contributed by atoms with Crippen LogP contribution < -0.4 is 10.6 Å². The van der Waals surface area contributed by atoms with Crippen molar-refractivity contribution in [2.24, 2.45) is 11.8 Å². The average molecular weight is 553 g/mol. The molecule has 3 atom stereocenters. The van der Waals surface area contributed by atoms with Gasteiger partial charge in [-0.05, 0) is 85.8 Å². The lowest BCUT2D eigenvalue weighted by molar-refractivity contribution is -0.158. The minimum absolute atomic E-state index is 0.0642. The van der Waals surface area contributed by atoms with Crippen LogP contribution in [-0.4, -0.2) is 45.2 Å². The molecule has 2 N–H and O–H groups in total. The summed E-state index contributed by atoms with van der Waals surface area (Å²) < 4.78 is 0. The zero-order valence-corrected chi connectivity index (χ0v) is 24.6. The summed E-state index contributed by atoms with van der Waals surface area (Å²) in [6.45, 7) is 9.82. The standard InChI is InChI=1S/C34H40N4O3/c1-21(2)17-28-31(39)36-29(27-18-24-9-6-7-10-25(24)19-27)33(41)38(28)30(32(40)37-34(3,4)5)23-14-12-22(13-15-23)26-11-8-16-35-20-26/h6-16,20-21,27-30H,17-19H2,1-5H3,(H,36,39)(H,37,40)/t28-,29-,30-/m1/s1. The summed E-state index contributed by atoms with van der Waals surface area (Å²) in [5.74, 6) is -0.603. The summed E-state index contributed by atoms with van der Waals surface area (Å²) in [5.41, 5.74) is 4.49. The van der Waals surface area contributed by atoms with Crippen LogP contribution in [0.15, 0.2) is 73.1 Å². The van der Waals surface area contributed by atoms with Crippen LogP contribution in [0.4, 0.5) is 0 Å². The van der Waals surface area contributed by atoms with Crippen LogP contribution >= 0.6 is 0 Å². The number of carbonyl (C=O) groups is 3. The van der Waals surface area contributed by atoms with Crippen LogP contribution in [0, 0.1) is 11.8 Å². The Morgan fingerprint density at radius 3 is 2.20 bits per heavy atom. The number of carbonyl (C=O) groups excluding carboxylic acids is 3. The third-order valence-electron chi connectivity index (χ3n) is 7.95. The fourth-order valence-electron chi connectivity index (χ4n) is 6.14. The molecule has 214 valence electrons. The van der Waals surface area contributed by atoms with Crippen LogP contribution in [0.2, 0.25) is 0 Å². The number of rotatable bonds is 7. The van der Waals surface area contributed by atoms with Gasteiger partial charge in [-0.3, -0.25) is 19.4 Å². The number of hydrogen-bond donors (Lipinski definition) is 2. The Morgan fingerprint density at radius 1 is 0.976 bits per heavy atom. The molecule has 41 heavy (non-hydrogen) atoms. The molecular formula is C34H40N4O3. The molecule has 1 aliphatic carbocycles. The van der Waals surface area contributed by atoms with Gasteiger partial charge in [-0.15, -0.1) is 0 Å². The molecular weight excluding hydrogens is 512 g/mol. The first-order chi connectivity index (χ1) is 19.5. The van der Waals surface area contributed by atoms with Gasteiger partial charge in [0.2, 0.25) is 17.7 Å². The quantitative estimate of drug-likeness (QED) is 0.438. The lowest BCUT2D eigenvalue weighted by Gasteiger charge is -2.45. The molecule has 7 heteroatoms. The first-order valence-electron chi connectivity index (χ1n) is 14.5. The van der Waals surface area contributed by atoms with Crippen molar-refractivity contribution in [1.82, 2.24) is 20.5 Å². The number of aromatic nitrogens is 1. The lowest BCUT2D eigenvalue weighted by Crippen LogP contribution is -2.67. The largest absolute Gasteiger partial charge is 0.349 e. The van der Waals surface area contributed by atoms with Gasteiger partial charge in [0.15, 0.2) is 0 Å². The van der Waals surface area contributed by atoms with Crippen LogP contribution in [0.25, 0.3) is 11.1 Å². The summed E-state index contributed by atoms with van der Waals surface area (Å²) >= 11 is 0. The van der Waals surface area contributed by atoms with Crippen molar-refractivity contribution in [3.05, 3.63) is 89.7 Å². The van der Waals surface area contributed by atoms with E-state index < -0.39 is 23.7 Å². The molecule has 2 aromatic carbocycles. The van der Waals surface area contributed by atoms with E-state index in [2.05, 4.69) is 27.8 Å². The maximum Gasteiger partial charge on any atom is 0.247 e. The van der Waals surface area contributed by atoms with Crippen molar-refractivity contribution in [1.29, 1.82) is 0 Å². The number of pyridine rings is 1. The van der Waals surface area contributed by atoms with E-state index in [4.69, 9.17) is 0 Å². The first-order valence-corrected chi connectivity index (χ1v) is 14.5. The molecule has 1 aromatic heterocycles. The minimum Gasteiger partial charge on any atom is -0.349 e. The highest BCUT2D eigenvalue weighted by atomic mass is 16.2. The molecule has 7 nitrogen and oxygen atoms in total. The molecule has 0 bridgehead atoms. The summed E-state index contributed by atoms with van der Waals surface area (Å²) in [4.78, 5) is 48.1. The molecule has 0 saturated carbocycles. The van der Waals surface area contributed by atoms with Gasteiger partial charge >= 0.3 is 0 Å². The SMILES string of the molecule is CC(C)C[C@@H]1C(=O)N[C@H](C2Cc3ccccc3C2)C(=O)N1[C@@H](C(=O)NC(C)(C)C)c1ccc(-c2cccnc2)cc1. The molecule has 1 saturated heterocycles. The van der Waals surface area contributed by atoms with Crippen LogP contribution in [0.1, 0.15) is 63.8 Å². The van der Waals surface area contributed by atoms with Crippen molar-refractivity contribution >= 4 is 17.7 Å². The van der Waals surface area contributed by atoms with Crippen molar-refractivity contribution in [2.45, 2.75) is 77.5 Å². The monoisotopic (exact) mass is 552 g/mol. The number of hydrogen-bond acceptors (Lipinski definition) is 4. The Morgan fingerprint density at radius 2 is 1.63 bits per heavy atom. The van der Waals surface area contributed by atoms with E-state index in [0.29, 0.717) is 24.8 Å². The van der Waals surface area contributed by atoms with Crippen LogP contribution in [-0.2, 0) is 27.2 Å². The summed E-state index contributed by atoms with van der Waals surface area (Å²) in [7, 11) is 0. The highest BCUT2D eigenvalue weighted by Gasteiger charge is 2.49. The number of benzene rings is 2. The lowest BCUT2D eigenvalue weighted by atomic mass is 9.87. The molecule has 3 aromatic rings. The normalized spacial score (nSPS) is 20.1. The second-order valence-corrected chi connectivity index (χ2v) is 12.8. The van der Waals surface area contributed by atoms with Crippen molar-refractivity contribution in [3.8, 4) is 11.1 Å². The Balaban J connectivity index is 1.55. The molecule has 3 amide bonds. The van der Waals surface area contributed by atoms with E-state index in [-0.39, 0.29) is 29.6 Å². The number of nitrogens with one attached hydrogen (secondary N) is 2. The summed E-state index contributed by atoms with van der Waals surface area (Å²) in [6.07, 6.45) is 5.41. The number of nitrogens with zero attached hydrogens (tertiary/aromatic N) is 2. The number of piperazine rings is 1. The van der Waals surface area contributed by atoms with Gasteiger partial charge < -0.3 is 15.5 Å². The minimum atomic E-state index is -0.953. The fourth-order valence-corrected chi connectivity index (χ4v) is 6.14. The zero-order chi connectivity index (χ0) is 29.3. The number of amides is 3. The van der Waals surface area contributed by atoms with E-state index in [0.717, 1.165) is 11.1 Å². The van der Waals surface area contributed by atoms with E-state index in [1.54, 1.807) is 17.3 Å². The number of fused-ring (bicyclic) bond motifs is 1. The van der Waals surface area contributed by atoms with Crippen molar-refractivity contribution in [2.75, 3.05) is 0 Å². The van der Waals surface area contributed by atoms with Gasteiger partial charge in [0.25, 0.3) is 0 Å². The van der Waals surface area contributed by atoms with Gasteiger partial charge in [-0.1, -0.05) is 68.4 Å². The van der Waals surface area contributed by atoms with Gasteiger partial charge in [0.1, 0.15) is 18.1 Å². The summed E-state index contributed by atoms with van der Waals surface area (Å²) in [6, 6.07) is 17.3. The predicted molar refractivity (Wildman–Crippen MR) is 160 cm³/mol. The molecule has 0 radical (unpaired) electrons. The third kappa shape index (κ3) is 6.19. The molecule has 2 aliphatic rings. The second-order valence-electron chi connectivity index (χ2n) is 12.8. The highest BCUT2D eigenvalue weighted by Crippen LogP contribution is 2.36. The highest BCUT2D eigenvalue weighted by molar-refractivity contribution is 6.00. The van der Waals surface area contributed by atoms with Crippen LogP contribution in [0.5, 0.6) is 0 Å². The molecule has 5 rings (SSSR count). The first kappa shape index (κ1) is 28.5. The van der Waals surface area contributed by atoms with Crippen molar-refractivity contribution < 1.29 is 14.4 Å².